The van der Waals surface area contributed by atoms with E-state index in [1.54, 1.807) is 48.5 Å². The van der Waals surface area contributed by atoms with E-state index in [-0.39, 0.29) is 18.4 Å². The number of carbonyl (C=O) groups excluding carboxylic acids is 1. The Balaban J connectivity index is 1.31. The lowest BCUT2D eigenvalue weighted by Crippen LogP contribution is -2.35. The molecule has 0 aliphatic carbocycles. The monoisotopic (exact) mass is 418 g/mol. The first-order chi connectivity index (χ1) is 15.1. The number of hydrogen-bond acceptors (Lipinski definition) is 5. The number of amides is 1. The highest BCUT2D eigenvalue weighted by Gasteiger charge is 2.19. The number of anilines is 2. The highest BCUT2D eigenvalue weighted by molar-refractivity contribution is 6.04. The average molecular weight is 418 g/mol. The SMILES string of the molecule is O=C(O)Cc1cccc(NC(=O)c2ccc(OC[C@@H]3CNc4ccccc4O3)cc2)c1. The number of fused-ring (bicyclic) bond motifs is 1. The molecule has 0 radical (unpaired) electrons. The summed E-state index contributed by atoms with van der Waals surface area (Å²) in [5.74, 6) is 0.248. The van der Waals surface area contributed by atoms with Gasteiger partial charge in [0.05, 0.1) is 18.7 Å². The second kappa shape index (κ2) is 9.21. The molecule has 1 heterocycles. The summed E-state index contributed by atoms with van der Waals surface area (Å²) >= 11 is 0. The fourth-order valence-electron chi connectivity index (χ4n) is 3.28. The molecule has 4 rings (SSSR count). The Morgan fingerprint density at radius 3 is 2.68 bits per heavy atom. The third kappa shape index (κ3) is 5.33. The minimum Gasteiger partial charge on any atom is -0.490 e. The highest BCUT2D eigenvalue weighted by Crippen LogP contribution is 2.28. The van der Waals surface area contributed by atoms with Gasteiger partial charge in [0, 0.05) is 11.3 Å². The Morgan fingerprint density at radius 2 is 1.87 bits per heavy atom. The molecular weight excluding hydrogens is 396 g/mol. The van der Waals surface area contributed by atoms with E-state index in [1.165, 1.54) is 0 Å². The van der Waals surface area contributed by atoms with Gasteiger partial charge in [0.1, 0.15) is 24.2 Å². The molecule has 0 spiro atoms. The largest absolute Gasteiger partial charge is 0.490 e. The van der Waals surface area contributed by atoms with Crippen molar-refractivity contribution in [2.24, 2.45) is 0 Å². The van der Waals surface area contributed by atoms with Crippen LogP contribution >= 0.6 is 0 Å². The lowest BCUT2D eigenvalue weighted by Gasteiger charge is -2.27. The molecule has 3 N–H and O–H groups in total. The van der Waals surface area contributed by atoms with Crippen molar-refractivity contribution in [3.05, 3.63) is 83.9 Å². The summed E-state index contributed by atoms with van der Waals surface area (Å²) in [5, 5.41) is 15.0. The fourth-order valence-corrected chi connectivity index (χ4v) is 3.28. The number of benzene rings is 3. The Labute approximate surface area is 179 Å². The summed E-state index contributed by atoms with van der Waals surface area (Å²) in [4.78, 5) is 23.3. The van der Waals surface area contributed by atoms with E-state index in [1.807, 2.05) is 24.3 Å². The molecule has 31 heavy (non-hydrogen) atoms. The number of aliphatic carboxylic acids is 1. The summed E-state index contributed by atoms with van der Waals surface area (Å²) in [6.07, 6.45) is -0.211. The van der Waals surface area contributed by atoms with Gasteiger partial charge in [-0.15, -0.1) is 0 Å². The molecule has 7 nitrogen and oxygen atoms in total. The Morgan fingerprint density at radius 1 is 1.06 bits per heavy atom. The van der Waals surface area contributed by atoms with Crippen LogP contribution in [0, 0.1) is 0 Å². The van der Waals surface area contributed by atoms with E-state index in [2.05, 4.69) is 10.6 Å². The van der Waals surface area contributed by atoms with Gasteiger partial charge in [-0.25, -0.2) is 0 Å². The van der Waals surface area contributed by atoms with Crippen molar-refractivity contribution in [3.63, 3.8) is 0 Å². The van der Waals surface area contributed by atoms with Crippen LogP contribution in [0.4, 0.5) is 11.4 Å². The van der Waals surface area contributed by atoms with Gasteiger partial charge in [0.15, 0.2) is 0 Å². The number of rotatable bonds is 7. The van der Waals surface area contributed by atoms with Gasteiger partial charge in [-0.3, -0.25) is 9.59 Å². The molecular formula is C24H22N2O5. The van der Waals surface area contributed by atoms with Gasteiger partial charge in [0.2, 0.25) is 0 Å². The minimum atomic E-state index is -0.919. The van der Waals surface area contributed by atoms with Crippen LogP contribution in [-0.2, 0) is 11.2 Å². The predicted octanol–water partition coefficient (Wildman–Crippen LogP) is 3.82. The van der Waals surface area contributed by atoms with Crippen molar-refractivity contribution in [3.8, 4) is 11.5 Å². The van der Waals surface area contributed by atoms with Crippen LogP contribution in [0.3, 0.4) is 0 Å². The summed E-state index contributed by atoms with van der Waals surface area (Å²) in [7, 11) is 0. The third-order valence-electron chi connectivity index (χ3n) is 4.79. The first kappa shape index (κ1) is 20.3. The zero-order valence-corrected chi connectivity index (χ0v) is 16.7. The molecule has 158 valence electrons. The van der Waals surface area contributed by atoms with E-state index in [0.717, 1.165) is 11.4 Å². The maximum absolute atomic E-state index is 12.5. The molecule has 0 fully saturated rings. The van der Waals surface area contributed by atoms with Gasteiger partial charge < -0.3 is 25.2 Å². The Bertz CT molecular complexity index is 1080. The van der Waals surface area contributed by atoms with Crippen molar-refractivity contribution >= 4 is 23.3 Å². The molecule has 7 heteroatoms. The van der Waals surface area contributed by atoms with Gasteiger partial charge >= 0.3 is 5.97 Å². The lowest BCUT2D eigenvalue weighted by atomic mass is 10.1. The molecule has 0 unspecified atom stereocenters. The number of carboxylic acids is 1. The van der Waals surface area contributed by atoms with Crippen LogP contribution < -0.4 is 20.1 Å². The molecule has 1 aliphatic heterocycles. The molecule has 0 bridgehead atoms. The van der Waals surface area contributed by atoms with Crippen molar-refractivity contribution in [2.75, 3.05) is 23.8 Å². The van der Waals surface area contributed by atoms with Gasteiger partial charge in [-0.2, -0.15) is 0 Å². The predicted molar refractivity (Wildman–Crippen MR) is 117 cm³/mol. The topological polar surface area (TPSA) is 96.9 Å². The van der Waals surface area contributed by atoms with E-state index in [4.69, 9.17) is 14.6 Å². The lowest BCUT2D eigenvalue weighted by molar-refractivity contribution is -0.136. The van der Waals surface area contributed by atoms with E-state index in [9.17, 15) is 9.59 Å². The van der Waals surface area contributed by atoms with Gasteiger partial charge in [0.25, 0.3) is 5.91 Å². The maximum atomic E-state index is 12.5. The Hall–Kier alpha value is -4.00. The quantitative estimate of drug-likeness (QED) is 0.540. The number of ether oxygens (including phenoxy) is 2. The first-order valence-electron chi connectivity index (χ1n) is 9.91. The van der Waals surface area contributed by atoms with E-state index in [0.29, 0.717) is 35.7 Å². The van der Waals surface area contributed by atoms with Crippen LogP contribution in [-0.4, -0.2) is 36.2 Å². The van der Waals surface area contributed by atoms with Crippen molar-refractivity contribution in [2.45, 2.75) is 12.5 Å². The molecule has 0 saturated carbocycles. The third-order valence-corrected chi connectivity index (χ3v) is 4.79. The van der Waals surface area contributed by atoms with E-state index < -0.39 is 5.97 Å². The summed E-state index contributed by atoms with van der Waals surface area (Å²) < 4.78 is 11.7. The maximum Gasteiger partial charge on any atom is 0.307 e. The number of nitrogens with one attached hydrogen (secondary N) is 2. The normalized spacial score (nSPS) is 14.5. The summed E-state index contributed by atoms with van der Waals surface area (Å²) in [5.41, 5.74) is 2.62. The number of para-hydroxylation sites is 2. The highest BCUT2D eigenvalue weighted by atomic mass is 16.5. The van der Waals surface area contributed by atoms with Crippen molar-refractivity contribution in [1.29, 1.82) is 0 Å². The van der Waals surface area contributed by atoms with E-state index >= 15 is 0 Å². The minimum absolute atomic E-state index is 0.0957. The zero-order chi connectivity index (χ0) is 21.6. The number of carbonyl (C=O) groups is 2. The number of hydrogen-bond donors (Lipinski definition) is 3. The summed E-state index contributed by atoms with van der Waals surface area (Å²) in [6.45, 7) is 1.03. The van der Waals surface area contributed by atoms with Crippen LogP contribution in [0.1, 0.15) is 15.9 Å². The smallest absolute Gasteiger partial charge is 0.307 e. The zero-order valence-electron chi connectivity index (χ0n) is 16.7. The fraction of sp³-hybridized carbons (Fsp3) is 0.167. The molecule has 3 aromatic rings. The van der Waals surface area contributed by atoms with Crippen molar-refractivity contribution < 1.29 is 24.2 Å². The molecule has 0 aromatic heterocycles. The molecule has 1 aliphatic rings. The second-order valence-corrected chi connectivity index (χ2v) is 7.18. The molecule has 1 atom stereocenters. The molecule has 3 aromatic carbocycles. The summed E-state index contributed by atoms with van der Waals surface area (Å²) in [6, 6.07) is 21.4. The Kier molecular flexibility index (Phi) is 6.03. The van der Waals surface area contributed by atoms with Gasteiger partial charge in [-0.1, -0.05) is 24.3 Å². The average Bonchev–Trinajstić information content (AvgIpc) is 2.77. The number of carboxylic acid groups (broad SMARTS) is 1. The van der Waals surface area contributed by atoms with Crippen LogP contribution in [0.15, 0.2) is 72.8 Å². The van der Waals surface area contributed by atoms with Crippen LogP contribution in [0.2, 0.25) is 0 Å². The molecule has 1 amide bonds. The van der Waals surface area contributed by atoms with Gasteiger partial charge in [-0.05, 0) is 54.1 Å². The van der Waals surface area contributed by atoms with Crippen molar-refractivity contribution in [1.82, 2.24) is 0 Å². The first-order valence-corrected chi connectivity index (χ1v) is 9.91. The second-order valence-electron chi connectivity index (χ2n) is 7.18. The van der Waals surface area contributed by atoms with Crippen LogP contribution in [0.5, 0.6) is 11.5 Å². The van der Waals surface area contributed by atoms with Crippen LogP contribution in [0.25, 0.3) is 0 Å². The standard InChI is InChI=1S/C24H22N2O5/c27-23(28)13-16-4-3-5-18(12-16)26-24(29)17-8-10-19(11-9-17)30-15-20-14-25-21-6-1-2-7-22(21)31-20/h1-12,20,25H,13-15H2,(H,26,29)(H,27,28)/t20-/m0/s1. The molecule has 0 saturated heterocycles.